The van der Waals surface area contributed by atoms with Crippen LogP contribution in [0.25, 0.3) is 0 Å². The molecule has 0 saturated carbocycles. The van der Waals surface area contributed by atoms with Gasteiger partial charge in [-0.3, -0.25) is 0 Å². The highest BCUT2D eigenvalue weighted by Gasteiger charge is 2.23. The van der Waals surface area contributed by atoms with E-state index in [-0.39, 0.29) is 17.6 Å². The fourth-order valence-electron chi connectivity index (χ4n) is 4.18. The van der Waals surface area contributed by atoms with Gasteiger partial charge < -0.3 is 37.9 Å². The summed E-state index contributed by atoms with van der Waals surface area (Å²) in [4.78, 5) is 0. The highest BCUT2D eigenvalue weighted by atomic mass is 16.6. The Morgan fingerprint density at radius 1 is 0.511 bits per heavy atom. The van der Waals surface area contributed by atoms with E-state index < -0.39 is 0 Å². The average molecular weight is 625 g/mol. The maximum Gasteiger partial charge on any atom is 0.119 e. The minimum Gasteiger partial charge on any atom is -0.491 e. The minimum absolute atomic E-state index is 0.224. The zero-order valence-electron chi connectivity index (χ0n) is 27.2. The van der Waals surface area contributed by atoms with Crippen LogP contribution in [0, 0.1) is 0 Å². The molecule has 0 amide bonds. The molecule has 2 aromatic rings. The fourth-order valence-corrected chi connectivity index (χ4v) is 4.18. The molecule has 0 aliphatic rings. The van der Waals surface area contributed by atoms with Gasteiger partial charge in [0.2, 0.25) is 0 Å². The lowest BCUT2D eigenvalue weighted by molar-refractivity contribution is -0.0382. The standard InChI is InChI=1S/C37H52O8/c1-7-19-38-23-25-40-27-35(42-21-9-3)29-44-33-15-11-31(12-16-33)37(5,6)32-13-17-34(18-14-32)45-30-36(43-22-10-4)28-41-26-24-39-20-8-2/h7-18,35-36H,1-4,19-30H2,5-6H3. The normalized spacial score (nSPS) is 12.7. The van der Waals surface area contributed by atoms with E-state index in [1.165, 1.54) is 0 Å². The Morgan fingerprint density at radius 3 is 1.22 bits per heavy atom. The first-order valence-electron chi connectivity index (χ1n) is 15.4. The molecule has 0 heterocycles. The van der Waals surface area contributed by atoms with Gasteiger partial charge in [-0.1, -0.05) is 62.4 Å². The first kappa shape index (κ1) is 37.9. The van der Waals surface area contributed by atoms with Crippen molar-refractivity contribution in [3.8, 4) is 11.5 Å². The molecule has 2 unspecified atom stereocenters. The van der Waals surface area contributed by atoms with Crippen LogP contribution in [0.2, 0.25) is 0 Å². The minimum atomic E-state index is -0.231. The van der Waals surface area contributed by atoms with Gasteiger partial charge in [0.25, 0.3) is 0 Å². The average Bonchev–Trinajstić information content (AvgIpc) is 3.06. The number of hydrogen-bond acceptors (Lipinski definition) is 8. The van der Waals surface area contributed by atoms with Crippen LogP contribution in [0.5, 0.6) is 11.5 Å². The van der Waals surface area contributed by atoms with Gasteiger partial charge >= 0.3 is 0 Å². The smallest absolute Gasteiger partial charge is 0.119 e. The van der Waals surface area contributed by atoms with Crippen molar-refractivity contribution in [3.05, 3.63) is 110 Å². The van der Waals surface area contributed by atoms with E-state index in [1.54, 1.807) is 24.3 Å². The van der Waals surface area contributed by atoms with Crippen molar-refractivity contribution in [2.45, 2.75) is 31.5 Å². The Balaban J connectivity index is 1.88. The number of hydrogen-bond donors (Lipinski definition) is 0. The molecule has 0 bridgehead atoms. The summed E-state index contributed by atoms with van der Waals surface area (Å²) in [5.41, 5.74) is 2.10. The lowest BCUT2D eigenvalue weighted by atomic mass is 9.78. The van der Waals surface area contributed by atoms with Crippen molar-refractivity contribution in [2.24, 2.45) is 0 Å². The zero-order chi connectivity index (χ0) is 32.6. The van der Waals surface area contributed by atoms with Crippen molar-refractivity contribution in [3.63, 3.8) is 0 Å². The van der Waals surface area contributed by atoms with Crippen LogP contribution in [-0.4, -0.2) is 91.5 Å². The second-order valence-electron chi connectivity index (χ2n) is 10.7. The highest BCUT2D eigenvalue weighted by Crippen LogP contribution is 2.33. The molecule has 0 fully saturated rings. The van der Waals surface area contributed by atoms with E-state index in [0.717, 1.165) is 22.6 Å². The molecular weight excluding hydrogens is 572 g/mol. The van der Waals surface area contributed by atoms with Crippen LogP contribution in [0.3, 0.4) is 0 Å². The predicted octanol–water partition coefficient (Wildman–Crippen LogP) is 6.35. The Kier molecular flexibility index (Phi) is 19.5. The van der Waals surface area contributed by atoms with Gasteiger partial charge in [0, 0.05) is 5.41 Å². The van der Waals surface area contributed by atoms with E-state index in [4.69, 9.17) is 37.9 Å². The van der Waals surface area contributed by atoms with E-state index >= 15 is 0 Å². The number of benzene rings is 2. The Bertz CT molecular complexity index is 995. The van der Waals surface area contributed by atoms with Crippen LogP contribution < -0.4 is 9.47 Å². The lowest BCUT2D eigenvalue weighted by Crippen LogP contribution is -2.28. The van der Waals surface area contributed by atoms with Crippen molar-refractivity contribution in [1.82, 2.24) is 0 Å². The molecule has 0 aromatic heterocycles. The fraction of sp³-hybridized carbons (Fsp3) is 0.459. The van der Waals surface area contributed by atoms with E-state index in [1.807, 2.05) is 24.3 Å². The molecule has 0 aliphatic heterocycles. The quantitative estimate of drug-likeness (QED) is 0.0801. The molecule has 2 rings (SSSR count). The van der Waals surface area contributed by atoms with Crippen LogP contribution in [-0.2, 0) is 33.8 Å². The van der Waals surface area contributed by atoms with E-state index in [0.29, 0.717) is 79.3 Å². The zero-order valence-corrected chi connectivity index (χ0v) is 27.2. The summed E-state index contributed by atoms with van der Waals surface area (Å²) in [6.45, 7) is 24.5. The van der Waals surface area contributed by atoms with Crippen molar-refractivity contribution >= 4 is 0 Å². The third-order valence-corrected chi connectivity index (χ3v) is 6.75. The monoisotopic (exact) mass is 624 g/mol. The van der Waals surface area contributed by atoms with Crippen LogP contribution >= 0.6 is 0 Å². The van der Waals surface area contributed by atoms with Crippen molar-refractivity contribution in [1.29, 1.82) is 0 Å². The number of rotatable bonds is 28. The van der Waals surface area contributed by atoms with Crippen LogP contribution in [0.15, 0.2) is 99.2 Å². The Hall–Kier alpha value is -3.24. The summed E-state index contributed by atoms with van der Waals surface area (Å²) < 4.78 is 45.8. The summed E-state index contributed by atoms with van der Waals surface area (Å²) >= 11 is 0. The van der Waals surface area contributed by atoms with Crippen molar-refractivity contribution in [2.75, 3.05) is 79.3 Å². The molecule has 0 N–H and O–H groups in total. The first-order chi connectivity index (χ1) is 21.9. The molecule has 8 nitrogen and oxygen atoms in total. The summed E-state index contributed by atoms with van der Waals surface area (Å²) in [7, 11) is 0. The van der Waals surface area contributed by atoms with Gasteiger partial charge in [0.1, 0.15) is 36.9 Å². The SMILES string of the molecule is C=CCOCCOCC(COc1ccc(C(C)(C)c2ccc(OCC(COCCOCC=C)OCC=C)cc2)cc1)OCC=C. The molecule has 0 aliphatic carbocycles. The van der Waals surface area contributed by atoms with Crippen molar-refractivity contribution < 1.29 is 37.9 Å². The second kappa shape index (κ2) is 23.1. The van der Waals surface area contributed by atoms with Crippen LogP contribution in [0.4, 0.5) is 0 Å². The van der Waals surface area contributed by atoms with E-state index in [9.17, 15) is 0 Å². The largest absolute Gasteiger partial charge is 0.491 e. The van der Waals surface area contributed by atoms with Gasteiger partial charge in [-0.25, -0.2) is 0 Å². The molecule has 0 spiro atoms. The predicted molar refractivity (Wildman–Crippen MR) is 180 cm³/mol. The summed E-state index contributed by atoms with van der Waals surface area (Å²) in [6.07, 6.45) is 6.40. The molecule has 248 valence electrons. The Morgan fingerprint density at radius 2 is 0.867 bits per heavy atom. The van der Waals surface area contributed by atoms with Gasteiger partial charge in [-0.15, -0.1) is 26.3 Å². The highest BCUT2D eigenvalue weighted by molar-refractivity contribution is 5.41. The molecule has 0 saturated heterocycles. The maximum atomic E-state index is 6.03. The molecule has 2 atom stereocenters. The maximum absolute atomic E-state index is 6.03. The number of ether oxygens (including phenoxy) is 8. The van der Waals surface area contributed by atoms with Gasteiger partial charge in [-0.05, 0) is 35.4 Å². The molecule has 0 radical (unpaired) electrons. The summed E-state index contributed by atoms with van der Waals surface area (Å²) in [5, 5.41) is 0. The molecule has 45 heavy (non-hydrogen) atoms. The summed E-state index contributed by atoms with van der Waals surface area (Å²) in [6, 6.07) is 16.3. The second-order valence-corrected chi connectivity index (χ2v) is 10.7. The lowest BCUT2D eigenvalue weighted by Gasteiger charge is -2.27. The molecule has 8 heteroatoms. The first-order valence-corrected chi connectivity index (χ1v) is 15.4. The third kappa shape index (κ3) is 15.5. The van der Waals surface area contributed by atoms with Gasteiger partial charge in [-0.2, -0.15) is 0 Å². The molecular formula is C37H52O8. The topological polar surface area (TPSA) is 73.8 Å². The van der Waals surface area contributed by atoms with Gasteiger partial charge in [0.15, 0.2) is 0 Å². The summed E-state index contributed by atoms with van der Waals surface area (Å²) in [5.74, 6) is 1.53. The third-order valence-electron chi connectivity index (χ3n) is 6.75. The van der Waals surface area contributed by atoms with E-state index in [2.05, 4.69) is 64.4 Å². The van der Waals surface area contributed by atoms with Crippen LogP contribution in [0.1, 0.15) is 25.0 Å². The van der Waals surface area contributed by atoms with Gasteiger partial charge in [0.05, 0.1) is 66.1 Å². The molecule has 2 aromatic carbocycles. The Labute approximate surface area is 270 Å².